The van der Waals surface area contributed by atoms with Crippen LogP contribution in [-0.4, -0.2) is 28.9 Å². The van der Waals surface area contributed by atoms with Crippen LogP contribution in [0.25, 0.3) is 0 Å². The minimum absolute atomic E-state index is 0.122. The van der Waals surface area contributed by atoms with Crippen molar-refractivity contribution in [2.45, 2.75) is 32.1 Å². The molecule has 1 unspecified atom stereocenters. The van der Waals surface area contributed by atoms with E-state index in [0.29, 0.717) is 12.0 Å². The zero-order valence-corrected chi connectivity index (χ0v) is 13.3. The predicted octanol–water partition coefficient (Wildman–Crippen LogP) is 3.54. The normalized spacial score (nSPS) is 18.0. The summed E-state index contributed by atoms with van der Waals surface area (Å²) in [5, 5.41) is 0. The summed E-state index contributed by atoms with van der Waals surface area (Å²) in [4.78, 5) is 18.2. The molecular formula is C19H21FN2O. The third kappa shape index (κ3) is 3.76. The SMILES string of the molecule is CC(=O)N1CCCC(c2cccc(Cc3ccccc3F)n2)C1. The van der Waals surface area contributed by atoms with Crippen molar-refractivity contribution < 1.29 is 9.18 Å². The van der Waals surface area contributed by atoms with Gasteiger partial charge in [-0.05, 0) is 36.6 Å². The fraction of sp³-hybridized carbons (Fsp3) is 0.368. The summed E-state index contributed by atoms with van der Waals surface area (Å²) in [5.74, 6) is 0.200. The third-order valence-electron chi connectivity index (χ3n) is 4.44. The maximum absolute atomic E-state index is 13.8. The Hall–Kier alpha value is -2.23. The number of aromatic nitrogens is 1. The molecule has 2 heterocycles. The van der Waals surface area contributed by atoms with Crippen molar-refractivity contribution in [2.75, 3.05) is 13.1 Å². The zero-order valence-electron chi connectivity index (χ0n) is 13.3. The van der Waals surface area contributed by atoms with E-state index >= 15 is 0 Å². The van der Waals surface area contributed by atoms with Gasteiger partial charge in [-0.1, -0.05) is 24.3 Å². The Morgan fingerprint density at radius 2 is 2.09 bits per heavy atom. The second-order valence-corrected chi connectivity index (χ2v) is 6.13. The molecule has 3 nitrogen and oxygen atoms in total. The summed E-state index contributed by atoms with van der Waals surface area (Å²) >= 11 is 0. The first-order chi connectivity index (χ1) is 11.1. The number of benzene rings is 1. The molecule has 0 aliphatic carbocycles. The molecule has 0 N–H and O–H groups in total. The molecule has 1 aliphatic rings. The summed E-state index contributed by atoms with van der Waals surface area (Å²) in [5.41, 5.74) is 2.53. The monoisotopic (exact) mass is 312 g/mol. The minimum Gasteiger partial charge on any atom is -0.342 e. The molecule has 0 radical (unpaired) electrons. The molecule has 1 aromatic carbocycles. The number of nitrogens with zero attached hydrogens (tertiary/aromatic N) is 2. The number of amides is 1. The van der Waals surface area contributed by atoms with Gasteiger partial charge in [0.15, 0.2) is 0 Å². The van der Waals surface area contributed by atoms with E-state index in [1.165, 1.54) is 6.07 Å². The Morgan fingerprint density at radius 1 is 1.26 bits per heavy atom. The van der Waals surface area contributed by atoms with Crippen LogP contribution in [0.2, 0.25) is 0 Å². The molecule has 0 bridgehead atoms. The highest BCUT2D eigenvalue weighted by molar-refractivity contribution is 5.73. The fourth-order valence-corrected chi connectivity index (χ4v) is 3.17. The van der Waals surface area contributed by atoms with Gasteiger partial charge in [0.25, 0.3) is 0 Å². The van der Waals surface area contributed by atoms with Crippen molar-refractivity contribution in [1.29, 1.82) is 0 Å². The van der Waals surface area contributed by atoms with Gasteiger partial charge in [0.1, 0.15) is 5.82 Å². The molecular weight excluding hydrogens is 291 g/mol. The van der Waals surface area contributed by atoms with Crippen LogP contribution in [0.15, 0.2) is 42.5 Å². The summed E-state index contributed by atoms with van der Waals surface area (Å²) in [6.45, 7) is 3.18. The highest BCUT2D eigenvalue weighted by Crippen LogP contribution is 2.26. The molecule has 1 aromatic heterocycles. The van der Waals surface area contributed by atoms with Crippen LogP contribution in [0.5, 0.6) is 0 Å². The van der Waals surface area contributed by atoms with E-state index in [1.807, 2.05) is 29.2 Å². The van der Waals surface area contributed by atoms with Crippen molar-refractivity contribution >= 4 is 5.91 Å². The largest absolute Gasteiger partial charge is 0.342 e. The molecule has 1 saturated heterocycles. The summed E-state index contributed by atoms with van der Waals surface area (Å²) in [7, 11) is 0. The second-order valence-electron chi connectivity index (χ2n) is 6.13. The van der Waals surface area contributed by atoms with Gasteiger partial charge in [-0.25, -0.2) is 4.39 Å². The molecule has 0 spiro atoms. The van der Waals surface area contributed by atoms with Crippen molar-refractivity contribution in [1.82, 2.24) is 9.88 Å². The van der Waals surface area contributed by atoms with Crippen LogP contribution in [0.4, 0.5) is 4.39 Å². The summed E-state index contributed by atoms with van der Waals surface area (Å²) in [6.07, 6.45) is 2.53. The van der Waals surface area contributed by atoms with E-state index in [1.54, 1.807) is 19.1 Å². The van der Waals surface area contributed by atoms with Gasteiger partial charge < -0.3 is 4.90 Å². The Morgan fingerprint density at radius 3 is 2.87 bits per heavy atom. The summed E-state index contributed by atoms with van der Waals surface area (Å²) < 4.78 is 13.8. The van der Waals surface area contributed by atoms with Crippen LogP contribution in [-0.2, 0) is 11.2 Å². The van der Waals surface area contributed by atoms with Crippen molar-refractivity contribution in [3.8, 4) is 0 Å². The molecule has 23 heavy (non-hydrogen) atoms. The van der Waals surface area contributed by atoms with Gasteiger partial charge in [0.05, 0.1) is 0 Å². The van der Waals surface area contributed by atoms with Crippen LogP contribution in [0, 0.1) is 5.82 Å². The number of rotatable bonds is 3. The van der Waals surface area contributed by atoms with E-state index in [2.05, 4.69) is 0 Å². The van der Waals surface area contributed by atoms with Crippen molar-refractivity contribution in [2.24, 2.45) is 0 Å². The van der Waals surface area contributed by atoms with Crippen molar-refractivity contribution in [3.05, 3.63) is 65.2 Å². The van der Waals surface area contributed by atoms with Crippen LogP contribution in [0.1, 0.15) is 42.6 Å². The lowest BCUT2D eigenvalue weighted by Gasteiger charge is -2.31. The predicted molar refractivity (Wildman–Crippen MR) is 87.7 cm³/mol. The fourth-order valence-electron chi connectivity index (χ4n) is 3.17. The Balaban J connectivity index is 1.77. The van der Waals surface area contributed by atoms with Gasteiger partial charge in [0.2, 0.25) is 5.91 Å². The first kappa shape index (κ1) is 15.7. The highest BCUT2D eigenvalue weighted by Gasteiger charge is 2.23. The molecule has 0 saturated carbocycles. The topological polar surface area (TPSA) is 33.2 Å². The molecule has 2 aromatic rings. The zero-order chi connectivity index (χ0) is 16.2. The smallest absolute Gasteiger partial charge is 0.219 e. The molecule has 1 amide bonds. The quantitative estimate of drug-likeness (QED) is 0.868. The van der Waals surface area contributed by atoms with Gasteiger partial charge in [-0.3, -0.25) is 9.78 Å². The van der Waals surface area contributed by atoms with Gasteiger partial charge >= 0.3 is 0 Å². The average Bonchev–Trinajstić information content (AvgIpc) is 2.57. The average molecular weight is 312 g/mol. The number of pyridine rings is 1. The third-order valence-corrected chi connectivity index (χ3v) is 4.44. The van der Waals surface area contributed by atoms with E-state index in [4.69, 9.17) is 4.98 Å². The number of likely N-dealkylation sites (tertiary alicyclic amines) is 1. The van der Waals surface area contributed by atoms with Crippen LogP contribution < -0.4 is 0 Å². The lowest BCUT2D eigenvalue weighted by atomic mass is 9.94. The minimum atomic E-state index is -0.194. The molecule has 1 atom stereocenters. The second kappa shape index (κ2) is 6.90. The molecule has 3 rings (SSSR count). The standard InChI is InChI=1S/C19H21FN2O/c1-14(23)22-11-5-7-16(13-22)19-10-4-8-17(21-19)12-15-6-2-3-9-18(15)20/h2-4,6,8-10,16H,5,7,11-13H2,1H3. The molecule has 120 valence electrons. The number of carbonyl (C=O) groups is 1. The molecule has 1 fully saturated rings. The van der Waals surface area contributed by atoms with Gasteiger partial charge in [0, 0.05) is 43.7 Å². The van der Waals surface area contributed by atoms with E-state index < -0.39 is 0 Å². The molecule has 1 aliphatic heterocycles. The first-order valence-electron chi connectivity index (χ1n) is 8.08. The van der Waals surface area contributed by atoms with E-state index in [9.17, 15) is 9.18 Å². The van der Waals surface area contributed by atoms with Crippen LogP contribution >= 0.6 is 0 Å². The van der Waals surface area contributed by atoms with Gasteiger partial charge in [-0.15, -0.1) is 0 Å². The highest BCUT2D eigenvalue weighted by atomic mass is 19.1. The van der Waals surface area contributed by atoms with Crippen molar-refractivity contribution in [3.63, 3.8) is 0 Å². The van der Waals surface area contributed by atoms with E-state index in [0.717, 1.165) is 37.3 Å². The Labute approximate surface area is 136 Å². The first-order valence-corrected chi connectivity index (χ1v) is 8.08. The molecule has 4 heteroatoms. The lowest BCUT2D eigenvalue weighted by molar-refractivity contribution is -0.130. The maximum atomic E-state index is 13.8. The Kier molecular flexibility index (Phi) is 4.70. The Bertz CT molecular complexity index is 701. The van der Waals surface area contributed by atoms with E-state index in [-0.39, 0.29) is 17.6 Å². The van der Waals surface area contributed by atoms with Gasteiger partial charge in [-0.2, -0.15) is 0 Å². The number of hydrogen-bond acceptors (Lipinski definition) is 2. The number of piperidine rings is 1. The lowest BCUT2D eigenvalue weighted by Crippen LogP contribution is -2.37. The number of carbonyl (C=O) groups excluding carboxylic acids is 1. The summed E-state index contributed by atoms with van der Waals surface area (Å²) in [6, 6.07) is 12.7. The number of halogens is 1. The maximum Gasteiger partial charge on any atom is 0.219 e. The number of hydrogen-bond donors (Lipinski definition) is 0. The van der Waals surface area contributed by atoms with Crippen LogP contribution in [0.3, 0.4) is 0 Å².